The van der Waals surface area contributed by atoms with Crippen LogP contribution in [0.4, 0.5) is 0 Å². The number of halogens is 1. The van der Waals surface area contributed by atoms with Gasteiger partial charge >= 0.3 is 0 Å². The molecule has 2 rings (SSSR count). The molecule has 0 spiro atoms. The Morgan fingerprint density at radius 2 is 1.56 bits per heavy atom. The predicted octanol–water partition coefficient (Wildman–Crippen LogP) is 3.67. The zero-order valence-corrected chi connectivity index (χ0v) is 11.6. The summed E-state index contributed by atoms with van der Waals surface area (Å²) in [5.41, 5.74) is 0. The third kappa shape index (κ3) is 4.01. The Morgan fingerprint density at radius 1 is 0.812 bits per heavy atom. The number of ether oxygens (including phenoxy) is 2. The van der Waals surface area contributed by atoms with E-state index in [9.17, 15) is 0 Å². The second kappa shape index (κ2) is 6.97. The van der Waals surface area contributed by atoms with Crippen LogP contribution in [0.5, 0.6) is 0 Å². The van der Waals surface area contributed by atoms with E-state index in [1.165, 1.54) is 51.4 Å². The minimum atomic E-state index is 0.426. The first-order valence-electron chi connectivity index (χ1n) is 6.73. The summed E-state index contributed by atoms with van der Waals surface area (Å²) in [7, 11) is 0. The molecule has 0 radical (unpaired) electrons. The van der Waals surface area contributed by atoms with Crippen LogP contribution in [-0.2, 0) is 9.47 Å². The molecule has 2 nitrogen and oxygen atoms in total. The monoisotopic (exact) mass is 290 g/mol. The normalized spacial score (nSPS) is 32.1. The summed E-state index contributed by atoms with van der Waals surface area (Å²) in [4.78, 5) is 0.571. The number of hydrogen-bond acceptors (Lipinski definition) is 2. The molecule has 0 amide bonds. The molecule has 2 unspecified atom stereocenters. The summed E-state index contributed by atoms with van der Waals surface area (Å²) in [6, 6.07) is 0. The molecule has 16 heavy (non-hydrogen) atoms. The van der Waals surface area contributed by atoms with Crippen LogP contribution in [0.1, 0.15) is 51.4 Å². The van der Waals surface area contributed by atoms with Crippen LogP contribution in [0.25, 0.3) is 0 Å². The Labute approximate surface area is 107 Å². The molecule has 0 aromatic rings. The molecule has 0 aliphatic heterocycles. The summed E-state index contributed by atoms with van der Waals surface area (Å²) >= 11 is 3.67. The highest BCUT2D eigenvalue weighted by molar-refractivity contribution is 9.09. The van der Waals surface area contributed by atoms with Gasteiger partial charge in [0.2, 0.25) is 0 Å². The molecule has 3 heteroatoms. The van der Waals surface area contributed by atoms with Crippen molar-refractivity contribution < 1.29 is 9.47 Å². The smallest absolute Gasteiger partial charge is 0.0704 e. The molecule has 2 atom stereocenters. The van der Waals surface area contributed by atoms with Crippen LogP contribution in [0.3, 0.4) is 0 Å². The molecule has 0 bridgehead atoms. The van der Waals surface area contributed by atoms with Crippen LogP contribution in [-0.4, -0.2) is 30.2 Å². The first kappa shape index (κ1) is 12.8. The highest BCUT2D eigenvalue weighted by Gasteiger charge is 2.25. The minimum Gasteiger partial charge on any atom is -0.376 e. The average molecular weight is 291 g/mol. The van der Waals surface area contributed by atoms with Gasteiger partial charge in [0.25, 0.3) is 0 Å². The van der Waals surface area contributed by atoms with E-state index in [4.69, 9.17) is 9.47 Å². The summed E-state index contributed by atoms with van der Waals surface area (Å²) < 4.78 is 11.7. The van der Waals surface area contributed by atoms with Gasteiger partial charge in [-0.05, 0) is 32.1 Å². The lowest BCUT2D eigenvalue weighted by atomic mass is 9.98. The molecule has 0 saturated heterocycles. The predicted molar refractivity (Wildman–Crippen MR) is 69.1 cm³/mol. The standard InChI is InChI=1S/C13H23BrO2/c14-12-7-4-8-13(12)16-10-9-15-11-5-2-1-3-6-11/h11-13H,1-10H2. The van der Waals surface area contributed by atoms with Gasteiger partial charge in [-0.3, -0.25) is 0 Å². The summed E-state index contributed by atoms with van der Waals surface area (Å²) in [6.45, 7) is 1.55. The Kier molecular flexibility index (Phi) is 5.60. The van der Waals surface area contributed by atoms with E-state index >= 15 is 0 Å². The van der Waals surface area contributed by atoms with E-state index < -0.39 is 0 Å². The van der Waals surface area contributed by atoms with Crippen molar-refractivity contribution in [2.24, 2.45) is 0 Å². The van der Waals surface area contributed by atoms with E-state index in [0.29, 0.717) is 17.0 Å². The molecular formula is C13H23BrO2. The van der Waals surface area contributed by atoms with Gasteiger partial charge in [0, 0.05) is 4.83 Å². The van der Waals surface area contributed by atoms with E-state index in [0.717, 1.165) is 13.2 Å². The molecule has 0 aromatic carbocycles. The van der Waals surface area contributed by atoms with Gasteiger partial charge in [-0.15, -0.1) is 0 Å². The highest BCUT2D eigenvalue weighted by atomic mass is 79.9. The van der Waals surface area contributed by atoms with E-state index in [-0.39, 0.29) is 0 Å². The fraction of sp³-hybridized carbons (Fsp3) is 1.00. The largest absolute Gasteiger partial charge is 0.376 e. The summed E-state index contributed by atoms with van der Waals surface area (Å²) in [5, 5.41) is 0. The van der Waals surface area contributed by atoms with Gasteiger partial charge in [0.1, 0.15) is 0 Å². The lowest BCUT2D eigenvalue weighted by Gasteiger charge is -2.22. The van der Waals surface area contributed by atoms with Crippen LogP contribution < -0.4 is 0 Å². The molecule has 2 aliphatic carbocycles. The van der Waals surface area contributed by atoms with Gasteiger partial charge < -0.3 is 9.47 Å². The Bertz CT molecular complexity index is 192. The highest BCUT2D eigenvalue weighted by Crippen LogP contribution is 2.28. The van der Waals surface area contributed by atoms with E-state index in [1.54, 1.807) is 0 Å². The van der Waals surface area contributed by atoms with Gasteiger partial charge in [-0.25, -0.2) is 0 Å². The second-order valence-electron chi connectivity index (χ2n) is 4.99. The molecule has 0 N–H and O–H groups in total. The topological polar surface area (TPSA) is 18.5 Å². The first-order valence-corrected chi connectivity index (χ1v) is 7.65. The quantitative estimate of drug-likeness (QED) is 0.568. The van der Waals surface area contributed by atoms with Crippen molar-refractivity contribution in [2.45, 2.75) is 68.4 Å². The molecule has 0 aromatic heterocycles. The maximum Gasteiger partial charge on any atom is 0.0704 e. The Morgan fingerprint density at radius 3 is 2.25 bits per heavy atom. The molecule has 2 saturated carbocycles. The summed E-state index contributed by atoms with van der Waals surface area (Å²) in [5.74, 6) is 0. The molecule has 94 valence electrons. The van der Waals surface area contributed by atoms with Crippen molar-refractivity contribution in [3.05, 3.63) is 0 Å². The molecule has 2 aliphatic rings. The average Bonchev–Trinajstić information content (AvgIpc) is 2.72. The van der Waals surface area contributed by atoms with Crippen molar-refractivity contribution in [1.82, 2.24) is 0 Å². The van der Waals surface area contributed by atoms with Gasteiger partial charge in [-0.1, -0.05) is 35.2 Å². The summed E-state index contributed by atoms with van der Waals surface area (Å²) in [6.07, 6.45) is 11.3. The Balaban J connectivity index is 1.51. The lowest BCUT2D eigenvalue weighted by molar-refractivity contribution is -0.0286. The lowest BCUT2D eigenvalue weighted by Crippen LogP contribution is -2.23. The first-order chi connectivity index (χ1) is 7.86. The van der Waals surface area contributed by atoms with Gasteiger partial charge in [0.05, 0.1) is 25.4 Å². The van der Waals surface area contributed by atoms with Crippen LogP contribution in [0.2, 0.25) is 0 Å². The van der Waals surface area contributed by atoms with Gasteiger partial charge in [-0.2, -0.15) is 0 Å². The molecule has 0 heterocycles. The van der Waals surface area contributed by atoms with Crippen molar-refractivity contribution in [3.8, 4) is 0 Å². The zero-order valence-electron chi connectivity index (χ0n) is 10.00. The van der Waals surface area contributed by atoms with Gasteiger partial charge in [0.15, 0.2) is 0 Å². The minimum absolute atomic E-state index is 0.426. The van der Waals surface area contributed by atoms with Crippen molar-refractivity contribution in [3.63, 3.8) is 0 Å². The number of rotatable bonds is 5. The fourth-order valence-corrected chi connectivity index (χ4v) is 3.46. The SMILES string of the molecule is BrC1CCCC1OCCOC1CCCCC1. The van der Waals surface area contributed by atoms with Crippen molar-refractivity contribution in [2.75, 3.05) is 13.2 Å². The maximum atomic E-state index is 5.84. The van der Waals surface area contributed by atoms with Crippen molar-refractivity contribution >= 4 is 15.9 Å². The van der Waals surface area contributed by atoms with Crippen LogP contribution in [0, 0.1) is 0 Å². The van der Waals surface area contributed by atoms with Crippen LogP contribution in [0.15, 0.2) is 0 Å². The number of alkyl halides is 1. The molecule has 2 fully saturated rings. The van der Waals surface area contributed by atoms with Crippen molar-refractivity contribution in [1.29, 1.82) is 0 Å². The van der Waals surface area contributed by atoms with Crippen LogP contribution >= 0.6 is 15.9 Å². The van der Waals surface area contributed by atoms with E-state index in [2.05, 4.69) is 15.9 Å². The van der Waals surface area contributed by atoms with E-state index in [1.807, 2.05) is 0 Å². The Hall–Kier alpha value is 0.400. The second-order valence-corrected chi connectivity index (χ2v) is 6.16. The maximum absolute atomic E-state index is 5.84. The fourth-order valence-electron chi connectivity index (χ4n) is 2.71. The molecular weight excluding hydrogens is 268 g/mol. The third-order valence-corrected chi connectivity index (χ3v) is 4.74. The third-order valence-electron chi connectivity index (χ3n) is 3.69. The number of hydrogen-bond donors (Lipinski definition) is 0. The zero-order chi connectivity index (χ0) is 11.2.